The molecule has 146 valence electrons. The number of amides is 1. The first kappa shape index (κ1) is 20.0. The zero-order valence-electron chi connectivity index (χ0n) is 15.6. The van der Waals surface area contributed by atoms with Gasteiger partial charge in [-0.05, 0) is 47.1 Å². The lowest BCUT2D eigenvalue weighted by Gasteiger charge is -2.20. The molecule has 0 aliphatic carbocycles. The Morgan fingerprint density at radius 3 is 2.68 bits per heavy atom. The summed E-state index contributed by atoms with van der Waals surface area (Å²) in [7, 11) is 1.87. The van der Waals surface area contributed by atoms with Crippen LogP contribution in [0.25, 0.3) is 0 Å². The SMILES string of the molecule is CN(Cc1ccc(C(=O)NCc2ccsc2)c(=O)[nH]1)CC(O)c1ccccc1. The summed E-state index contributed by atoms with van der Waals surface area (Å²) in [5, 5.41) is 17.0. The number of benzene rings is 1. The minimum Gasteiger partial charge on any atom is -0.387 e. The third-order valence-electron chi connectivity index (χ3n) is 4.36. The third-order valence-corrected chi connectivity index (χ3v) is 5.09. The van der Waals surface area contributed by atoms with Crippen LogP contribution in [0.5, 0.6) is 0 Å². The average molecular weight is 398 g/mol. The number of pyridine rings is 1. The molecule has 7 heteroatoms. The predicted molar refractivity (Wildman–Crippen MR) is 110 cm³/mol. The molecule has 0 aliphatic heterocycles. The van der Waals surface area contributed by atoms with Crippen molar-refractivity contribution < 1.29 is 9.90 Å². The summed E-state index contributed by atoms with van der Waals surface area (Å²) in [6, 6.07) is 14.6. The van der Waals surface area contributed by atoms with Gasteiger partial charge >= 0.3 is 0 Å². The molecule has 0 spiro atoms. The van der Waals surface area contributed by atoms with Gasteiger partial charge in [0.15, 0.2) is 0 Å². The van der Waals surface area contributed by atoms with E-state index in [1.54, 1.807) is 23.5 Å². The van der Waals surface area contributed by atoms with Crippen LogP contribution in [-0.2, 0) is 13.1 Å². The molecule has 6 nitrogen and oxygen atoms in total. The van der Waals surface area contributed by atoms with Gasteiger partial charge in [-0.25, -0.2) is 0 Å². The second-order valence-electron chi connectivity index (χ2n) is 6.66. The van der Waals surface area contributed by atoms with Gasteiger partial charge < -0.3 is 15.4 Å². The van der Waals surface area contributed by atoms with Crippen molar-refractivity contribution in [1.82, 2.24) is 15.2 Å². The minimum atomic E-state index is -0.611. The van der Waals surface area contributed by atoms with E-state index >= 15 is 0 Å². The van der Waals surface area contributed by atoms with Gasteiger partial charge in [-0.15, -0.1) is 0 Å². The molecule has 1 amide bonds. The molecule has 0 radical (unpaired) electrons. The summed E-state index contributed by atoms with van der Waals surface area (Å²) in [6.45, 7) is 1.27. The lowest BCUT2D eigenvalue weighted by atomic mass is 10.1. The second kappa shape index (κ2) is 9.45. The Morgan fingerprint density at radius 2 is 2.00 bits per heavy atom. The smallest absolute Gasteiger partial charge is 0.261 e. The number of aromatic nitrogens is 1. The Labute approximate surface area is 167 Å². The standard InChI is InChI=1S/C21H23N3O3S/c1-24(13-19(25)16-5-3-2-4-6-16)12-17-7-8-18(21(27)23-17)20(26)22-11-15-9-10-28-14-15/h2-10,14,19,25H,11-13H2,1H3,(H,22,26)(H,23,27). The maximum Gasteiger partial charge on any atom is 0.261 e. The number of aromatic amines is 1. The van der Waals surface area contributed by atoms with Crippen molar-refractivity contribution in [2.24, 2.45) is 0 Å². The number of carbonyl (C=O) groups excluding carboxylic acids is 1. The summed E-state index contributed by atoms with van der Waals surface area (Å²) < 4.78 is 0. The van der Waals surface area contributed by atoms with Crippen LogP contribution < -0.4 is 10.9 Å². The van der Waals surface area contributed by atoms with E-state index in [1.165, 1.54) is 0 Å². The molecule has 2 heterocycles. The number of likely N-dealkylation sites (N-methyl/N-ethyl adjacent to an activating group) is 1. The van der Waals surface area contributed by atoms with Crippen LogP contribution in [0.4, 0.5) is 0 Å². The number of nitrogens with one attached hydrogen (secondary N) is 2. The van der Waals surface area contributed by atoms with E-state index in [9.17, 15) is 14.7 Å². The number of thiophene rings is 1. The van der Waals surface area contributed by atoms with Crippen molar-refractivity contribution in [3.63, 3.8) is 0 Å². The molecule has 3 aromatic rings. The maximum atomic E-state index is 12.3. The van der Waals surface area contributed by atoms with Gasteiger partial charge in [0.25, 0.3) is 11.5 Å². The number of H-pyrrole nitrogens is 1. The number of hydrogen-bond acceptors (Lipinski definition) is 5. The van der Waals surface area contributed by atoms with Gasteiger partial charge in [0.2, 0.25) is 0 Å². The van der Waals surface area contributed by atoms with E-state index in [0.717, 1.165) is 11.1 Å². The first-order valence-corrected chi connectivity index (χ1v) is 9.90. The third kappa shape index (κ3) is 5.39. The first-order chi connectivity index (χ1) is 13.5. The molecular formula is C21H23N3O3S. The fourth-order valence-corrected chi connectivity index (χ4v) is 3.56. The molecule has 0 bridgehead atoms. The van der Waals surface area contributed by atoms with E-state index in [0.29, 0.717) is 25.3 Å². The van der Waals surface area contributed by atoms with Gasteiger partial charge in [-0.2, -0.15) is 11.3 Å². The Morgan fingerprint density at radius 1 is 1.21 bits per heavy atom. The molecule has 1 aromatic carbocycles. The Bertz CT molecular complexity index is 955. The summed E-state index contributed by atoms with van der Waals surface area (Å²) in [6.07, 6.45) is -0.611. The maximum absolute atomic E-state index is 12.3. The van der Waals surface area contributed by atoms with Gasteiger partial charge in [-0.3, -0.25) is 14.5 Å². The highest BCUT2D eigenvalue weighted by Gasteiger charge is 2.13. The largest absolute Gasteiger partial charge is 0.387 e. The zero-order chi connectivity index (χ0) is 19.9. The van der Waals surface area contributed by atoms with E-state index in [4.69, 9.17) is 0 Å². The summed E-state index contributed by atoms with van der Waals surface area (Å²) >= 11 is 1.56. The van der Waals surface area contributed by atoms with E-state index < -0.39 is 17.6 Å². The summed E-state index contributed by atoms with van der Waals surface area (Å²) in [5.41, 5.74) is 2.20. The minimum absolute atomic E-state index is 0.0888. The Balaban J connectivity index is 1.57. The zero-order valence-corrected chi connectivity index (χ0v) is 16.4. The molecule has 3 rings (SSSR count). The first-order valence-electron chi connectivity index (χ1n) is 8.96. The predicted octanol–water partition coefficient (Wildman–Crippen LogP) is 2.53. The van der Waals surface area contributed by atoms with Crippen LogP contribution in [0, 0.1) is 0 Å². The molecule has 0 fully saturated rings. The molecular weight excluding hydrogens is 374 g/mol. The monoisotopic (exact) mass is 397 g/mol. The Kier molecular flexibility index (Phi) is 6.76. The number of aliphatic hydroxyl groups excluding tert-OH is 1. The van der Waals surface area contributed by atoms with Crippen LogP contribution in [0.2, 0.25) is 0 Å². The molecule has 0 aliphatic rings. The van der Waals surface area contributed by atoms with Gasteiger partial charge in [0.05, 0.1) is 6.10 Å². The molecule has 1 unspecified atom stereocenters. The molecule has 0 saturated carbocycles. The fraction of sp³-hybridized carbons (Fsp3) is 0.238. The van der Waals surface area contributed by atoms with Crippen LogP contribution >= 0.6 is 11.3 Å². The Hall–Kier alpha value is -2.74. The van der Waals surface area contributed by atoms with Gasteiger partial charge in [0, 0.05) is 25.3 Å². The number of nitrogens with zero attached hydrogens (tertiary/aromatic N) is 1. The number of hydrogen-bond donors (Lipinski definition) is 3. The van der Waals surface area contributed by atoms with E-state index in [1.807, 2.05) is 59.1 Å². The van der Waals surface area contributed by atoms with Crippen molar-refractivity contribution in [2.75, 3.05) is 13.6 Å². The number of carbonyl (C=O) groups is 1. The topological polar surface area (TPSA) is 85.4 Å². The molecule has 3 N–H and O–H groups in total. The van der Waals surface area contributed by atoms with E-state index in [-0.39, 0.29) is 5.56 Å². The molecule has 0 saturated heterocycles. The molecule has 1 atom stereocenters. The van der Waals surface area contributed by atoms with Crippen LogP contribution in [-0.4, -0.2) is 34.5 Å². The van der Waals surface area contributed by atoms with Crippen molar-refractivity contribution in [1.29, 1.82) is 0 Å². The molecule has 28 heavy (non-hydrogen) atoms. The number of aliphatic hydroxyl groups is 1. The quantitative estimate of drug-likeness (QED) is 0.545. The van der Waals surface area contributed by atoms with Crippen LogP contribution in [0.1, 0.15) is 33.3 Å². The second-order valence-corrected chi connectivity index (χ2v) is 7.44. The van der Waals surface area contributed by atoms with Crippen molar-refractivity contribution in [2.45, 2.75) is 19.2 Å². The highest BCUT2D eigenvalue weighted by Crippen LogP contribution is 2.14. The number of rotatable bonds is 8. The summed E-state index contributed by atoms with van der Waals surface area (Å²) in [4.78, 5) is 29.2. The highest BCUT2D eigenvalue weighted by atomic mass is 32.1. The van der Waals surface area contributed by atoms with E-state index in [2.05, 4.69) is 10.3 Å². The lowest BCUT2D eigenvalue weighted by molar-refractivity contribution is 0.0949. The summed E-state index contributed by atoms with van der Waals surface area (Å²) in [5.74, 6) is -0.396. The van der Waals surface area contributed by atoms with Crippen LogP contribution in [0.3, 0.4) is 0 Å². The molecule has 2 aromatic heterocycles. The van der Waals surface area contributed by atoms with Gasteiger partial charge in [-0.1, -0.05) is 30.3 Å². The van der Waals surface area contributed by atoms with Crippen molar-refractivity contribution >= 4 is 17.2 Å². The van der Waals surface area contributed by atoms with Crippen molar-refractivity contribution in [3.05, 3.63) is 92.0 Å². The highest BCUT2D eigenvalue weighted by molar-refractivity contribution is 7.07. The average Bonchev–Trinajstić information content (AvgIpc) is 3.20. The normalized spacial score (nSPS) is 12.1. The fourth-order valence-electron chi connectivity index (χ4n) is 2.89. The van der Waals surface area contributed by atoms with Gasteiger partial charge in [0.1, 0.15) is 5.56 Å². The lowest BCUT2D eigenvalue weighted by Crippen LogP contribution is -2.30. The van der Waals surface area contributed by atoms with Crippen LogP contribution in [0.15, 0.2) is 64.1 Å². The van der Waals surface area contributed by atoms with Crippen molar-refractivity contribution in [3.8, 4) is 0 Å².